The van der Waals surface area contributed by atoms with Crippen molar-refractivity contribution in [2.24, 2.45) is 5.73 Å². The minimum absolute atomic E-state index is 0.0210. The van der Waals surface area contributed by atoms with Gasteiger partial charge in [0.1, 0.15) is 0 Å². The van der Waals surface area contributed by atoms with Crippen molar-refractivity contribution >= 4 is 5.91 Å². The van der Waals surface area contributed by atoms with Gasteiger partial charge in [-0.25, -0.2) is 0 Å². The summed E-state index contributed by atoms with van der Waals surface area (Å²) in [5.74, 6) is 0.0210. The first-order chi connectivity index (χ1) is 7.02. The van der Waals surface area contributed by atoms with Crippen LogP contribution in [0.3, 0.4) is 0 Å². The highest BCUT2D eigenvalue weighted by Crippen LogP contribution is 2.00. The molecule has 0 atom stereocenters. The number of carbonyl (C=O) groups is 1. The molecule has 0 unspecified atom stereocenters. The standard InChI is InChI=1S/C11H22N2O2/c1-4-7-15-8-5-6-10(14)13-11(2,3)9-12/h4H,1,5-9,12H2,2-3H3,(H,13,14). The lowest BCUT2D eigenvalue weighted by atomic mass is 10.1. The number of nitrogens with two attached hydrogens (primary N) is 1. The van der Waals surface area contributed by atoms with Crippen molar-refractivity contribution in [3.63, 3.8) is 0 Å². The molecule has 4 heteroatoms. The summed E-state index contributed by atoms with van der Waals surface area (Å²) in [5.41, 5.74) is 5.18. The van der Waals surface area contributed by atoms with E-state index >= 15 is 0 Å². The van der Waals surface area contributed by atoms with Crippen LogP contribution in [0.2, 0.25) is 0 Å². The van der Waals surface area contributed by atoms with E-state index in [0.29, 0.717) is 26.2 Å². The molecule has 0 bridgehead atoms. The summed E-state index contributed by atoms with van der Waals surface area (Å²) >= 11 is 0. The molecule has 0 radical (unpaired) electrons. The van der Waals surface area contributed by atoms with E-state index in [1.54, 1.807) is 6.08 Å². The Bertz CT molecular complexity index is 203. The second kappa shape index (κ2) is 7.43. The second-order valence-electron chi connectivity index (χ2n) is 4.10. The van der Waals surface area contributed by atoms with E-state index in [2.05, 4.69) is 11.9 Å². The normalized spacial score (nSPS) is 11.1. The second-order valence-corrected chi connectivity index (χ2v) is 4.10. The Kier molecular flexibility index (Phi) is 6.99. The predicted molar refractivity (Wildman–Crippen MR) is 61.5 cm³/mol. The Morgan fingerprint density at radius 1 is 1.60 bits per heavy atom. The van der Waals surface area contributed by atoms with Crippen LogP contribution < -0.4 is 11.1 Å². The number of ether oxygens (including phenoxy) is 1. The first-order valence-corrected chi connectivity index (χ1v) is 5.21. The SMILES string of the molecule is C=CCOCCCC(=O)NC(C)(C)CN. The third-order valence-electron chi connectivity index (χ3n) is 1.92. The maximum Gasteiger partial charge on any atom is 0.220 e. The number of nitrogens with one attached hydrogen (secondary N) is 1. The van der Waals surface area contributed by atoms with Crippen molar-refractivity contribution in [3.8, 4) is 0 Å². The molecule has 0 aliphatic heterocycles. The average Bonchev–Trinajstić information content (AvgIpc) is 2.17. The van der Waals surface area contributed by atoms with Crippen LogP contribution in [-0.4, -0.2) is 31.2 Å². The summed E-state index contributed by atoms with van der Waals surface area (Å²) in [7, 11) is 0. The zero-order valence-electron chi connectivity index (χ0n) is 9.71. The van der Waals surface area contributed by atoms with Gasteiger partial charge in [-0.2, -0.15) is 0 Å². The molecule has 0 aromatic carbocycles. The van der Waals surface area contributed by atoms with Crippen LogP contribution in [0, 0.1) is 0 Å². The third-order valence-corrected chi connectivity index (χ3v) is 1.92. The Morgan fingerprint density at radius 3 is 2.80 bits per heavy atom. The van der Waals surface area contributed by atoms with Gasteiger partial charge in [0.25, 0.3) is 0 Å². The van der Waals surface area contributed by atoms with Gasteiger partial charge in [-0.3, -0.25) is 4.79 Å². The van der Waals surface area contributed by atoms with Crippen molar-refractivity contribution in [2.45, 2.75) is 32.2 Å². The molecule has 3 N–H and O–H groups in total. The van der Waals surface area contributed by atoms with Gasteiger partial charge in [-0.05, 0) is 20.3 Å². The summed E-state index contributed by atoms with van der Waals surface area (Å²) in [4.78, 5) is 11.4. The van der Waals surface area contributed by atoms with Crippen LogP contribution in [0.1, 0.15) is 26.7 Å². The molecule has 88 valence electrons. The van der Waals surface area contributed by atoms with E-state index in [0.717, 1.165) is 6.42 Å². The van der Waals surface area contributed by atoms with E-state index in [1.807, 2.05) is 13.8 Å². The van der Waals surface area contributed by atoms with Crippen molar-refractivity contribution in [1.82, 2.24) is 5.32 Å². The highest BCUT2D eigenvalue weighted by atomic mass is 16.5. The molecular weight excluding hydrogens is 192 g/mol. The Hall–Kier alpha value is -0.870. The molecule has 0 saturated heterocycles. The zero-order valence-corrected chi connectivity index (χ0v) is 9.71. The van der Waals surface area contributed by atoms with Gasteiger partial charge in [0, 0.05) is 25.1 Å². The first kappa shape index (κ1) is 14.1. The van der Waals surface area contributed by atoms with Crippen molar-refractivity contribution in [3.05, 3.63) is 12.7 Å². The van der Waals surface area contributed by atoms with Crippen LogP contribution in [0.4, 0.5) is 0 Å². The third kappa shape index (κ3) is 8.15. The van der Waals surface area contributed by atoms with E-state index in [1.165, 1.54) is 0 Å². The van der Waals surface area contributed by atoms with Crippen molar-refractivity contribution in [1.29, 1.82) is 0 Å². The summed E-state index contributed by atoms with van der Waals surface area (Å²) in [6.07, 6.45) is 2.89. The Morgan fingerprint density at radius 2 is 2.27 bits per heavy atom. The molecule has 4 nitrogen and oxygen atoms in total. The monoisotopic (exact) mass is 214 g/mol. The lowest BCUT2D eigenvalue weighted by molar-refractivity contribution is -0.122. The maximum atomic E-state index is 11.4. The molecule has 0 rings (SSSR count). The summed E-state index contributed by atoms with van der Waals surface area (Å²) in [5, 5.41) is 2.86. The maximum absolute atomic E-state index is 11.4. The molecule has 15 heavy (non-hydrogen) atoms. The smallest absolute Gasteiger partial charge is 0.220 e. The lowest BCUT2D eigenvalue weighted by Crippen LogP contribution is -2.48. The largest absolute Gasteiger partial charge is 0.377 e. The van der Waals surface area contributed by atoms with Crippen LogP contribution in [0.25, 0.3) is 0 Å². The zero-order chi connectivity index (χ0) is 11.7. The summed E-state index contributed by atoms with van der Waals surface area (Å²) in [6.45, 7) is 8.90. The Labute approximate surface area is 91.9 Å². The number of hydrogen-bond donors (Lipinski definition) is 2. The number of carbonyl (C=O) groups excluding carboxylic acids is 1. The minimum Gasteiger partial charge on any atom is -0.377 e. The van der Waals surface area contributed by atoms with Gasteiger partial charge in [0.15, 0.2) is 0 Å². The summed E-state index contributed by atoms with van der Waals surface area (Å²) in [6, 6.07) is 0. The fourth-order valence-electron chi connectivity index (χ4n) is 0.992. The molecule has 0 aliphatic rings. The van der Waals surface area contributed by atoms with E-state index < -0.39 is 0 Å². The molecule has 1 amide bonds. The molecule has 0 spiro atoms. The minimum atomic E-state index is -0.320. The van der Waals surface area contributed by atoms with E-state index in [9.17, 15) is 4.79 Å². The van der Waals surface area contributed by atoms with Crippen molar-refractivity contribution in [2.75, 3.05) is 19.8 Å². The molecule has 0 aromatic rings. The van der Waals surface area contributed by atoms with E-state index in [-0.39, 0.29) is 11.4 Å². The quantitative estimate of drug-likeness (QED) is 0.464. The lowest BCUT2D eigenvalue weighted by Gasteiger charge is -2.24. The van der Waals surface area contributed by atoms with Crippen molar-refractivity contribution < 1.29 is 9.53 Å². The van der Waals surface area contributed by atoms with Gasteiger partial charge < -0.3 is 15.8 Å². The molecular formula is C11H22N2O2. The number of rotatable bonds is 8. The molecule has 0 saturated carbocycles. The fourth-order valence-corrected chi connectivity index (χ4v) is 0.992. The predicted octanol–water partition coefficient (Wildman–Crippen LogP) is 0.823. The topological polar surface area (TPSA) is 64.3 Å². The number of amides is 1. The molecule has 0 aromatic heterocycles. The van der Waals surface area contributed by atoms with Gasteiger partial charge in [-0.15, -0.1) is 6.58 Å². The highest BCUT2D eigenvalue weighted by molar-refractivity contribution is 5.76. The van der Waals surface area contributed by atoms with Crippen LogP contribution in [0.5, 0.6) is 0 Å². The van der Waals surface area contributed by atoms with Gasteiger partial charge in [0.05, 0.1) is 6.61 Å². The molecule has 0 aliphatic carbocycles. The molecule has 0 fully saturated rings. The average molecular weight is 214 g/mol. The molecule has 0 heterocycles. The van der Waals surface area contributed by atoms with Gasteiger partial charge in [0.2, 0.25) is 5.91 Å². The Balaban J connectivity index is 3.53. The van der Waals surface area contributed by atoms with Crippen LogP contribution in [-0.2, 0) is 9.53 Å². The van der Waals surface area contributed by atoms with Crippen LogP contribution in [0.15, 0.2) is 12.7 Å². The summed E-state index contributed by atoms with van der Waals surface area (Å²) < 4.78 is 5.17. The van der Waals surface area contributed by atoms with Crippen LogP contribution >= 0.6 is 0 Å². The number of hydrogen-bond acceptors (Lipinski definition) is 3. The fraction of sp³-hybridized carbons (Fsp3) is 0.727. The van der Waals surface area contributed by atoms with Gasteiger partial charge in [-0.1, -0.05) is 6.08 Å². The first-order valence-electron chi connectivity index (χ1n) is 5.21. The highest BCUT2D eigenvalue weighted by Gasteiger charge is 2.17. The van der Waals surface area contributed by atoms with E-state index in [4.69, 9.17) is 10.5 Å². The van der Waals surface area contributed by atoms with Gasteiger partial charge >= 0.3 is 0 Å².